The van der Waals surface area contributed by atoms with Gasteiger partial charge in [0.25, 0.3) is 0 Å². The summed E-state index contributed by atoms with van der Waals surface area (Å²) in [6, 6.07) is 8.82. The average molecular weight is 222 g/mol. The maximum atomic E-state index is 6.11. The zero-order valence-corrected chi connectivity index (χ0v) is 9.58. The van der Waals surface area contributed by atoms with Crippen LogP contribution in [0.4, 0.5) is 0 Å². The summed E-state index contributed by atoms with van der Waals surface area (Å²) in [4.78, 5) is 2.51. The topological polar surface area (TPSA) is 3.24 Å². The lowest BCUT2D eigenvalue weighted by Gasteiger charge is -2.33. The Kier molecular flexibility index (Phi) is 2.45. The molecule has 1 aromatic rings. The van der Waals surface area contributed by atoms with E-state index in [4.69, 9.17) is 11.6 Å². The second kappa shape index (κ2) is 3.80. The van der Waals surface area contributed by atoms with Crippen LogP contribution in [0.1, 0.15) is 23.5 Å². The molecule has 1 fully saturated rings. The highest BCUT2D eigenvalue weighted by Gasteiger charge is 2.29. The van der Waals surface area contributed by atoms with Crippen molar-refractivity contribution in [2.24, 2.45) is 0 Å². The van der Waals surface area contributed by atoms with Crippen LogP contribution in [0.2, 0.25) is 0 Å². The fraction of sp³-hybridized carbons (Fsp3) is 0.538. The highest BCUT2D eigenvalue weighted by atomic mass is 35.5. The zero-order valence-electron chi connectivity index (χ0n) is 8.82. The Morgan fingerprint density at radius 1 is 1.33 bits per heavy atom. The first kappa shape index (κ1) is 9.68. The molecule has 1 heterocycles. The van der Waals surface area contributed by atoms with Crippen LogP contribution in [-0.4, -0.2) is 29.9 Å². The number of alkyl halides is 1. The van der Waals surface area contributed by atoms with Crippen molar-refractivity contribution in [3.05, 3.63) is 35.4 Å². The fourth-order valence-electron chi connectivity index (χ4n) is 2.79. The minimum Gasteiger partial charge on any atom is -0.301 e. The van der Waals surface area contributed by atoms with Crippen LogP contribution in [0.3, 0.4) is 0 Å². The smallest absolute Gasteiger partial charge is 0.0475 e. The van der Waals surface area contributed by atoms with E-state index in [1.165, 1.54) is 19.5 Å². The van der Waals surface area contributed by atoms with Gasteiger partial charge in [-0.3, -0.25) is 0 Å². The predicted molar refractivity (Wildman–Crippen MR) is 63.6 cm³/mol. The molecule has 3 rings (SSSR count). The van der Waals surface area contributed by atoms with Crippen LogP contribution in [0.5, 0.6) is 0 Å². The first-order chi connectivity index (χ1) is 7.33. The lowest BCUT2D eigenvalue weighted by atomic mass is 9.77. The first-order valence-electron chi connectivity index (χ1n) is 5.77. The van der Waals surface area contributed by atoms with Crippen LogP contribution in [0, 0.1) is 0 Å². The van der Waals surface area contributed by atoms with E-state index in [9.17, 15) is 0 Å². The van der Waals surface area contributed by atoms with E-state index in [-0.39, 0.29) is 0 Å². The molecule has 1 aliphatic heterocycles. The number of halogens is 1. The molecule has 0 N–H and O–H groups in total. The van der Waals surface area contributed by atoms with Crippen molar-refractivity contribution in [3.8, 4) is 0 Å². The number of fused-ring (bicyclic) bond motifs is 1. The number of rotatable bonds is 2. The molecule has 0 spiro atoms. The SMILES string of the molecule is ClC1CCN(CC2Cc3ccccc32)C1. The van der Waals surface area contributed by atoms with Crippen LogP contribution in [0.25, 0.3) is 0 Å². The predicted octanol–water partition coefficient (Wildman–Crippen LogP) is 2.64. The molecule has 2 aliphatic rings. The van der Waals surface area contributed by atoms with Gasteiger partial charge in [-0.2, -0.15) is 0 Å². The van der Waals surface area contributed by atoms with Crippen LogP contribution >= 0.6 is 11.6 Å². The Labute approximate surface area is 96.0 Å². The Hall–Kier alpha value is -0.530. The van der Waals surface area contributed by atoms with Crippen molar-refractivity contribution >= 4 is 11.6 Å². The molecular formula is C13H16ClN. The van der Waals surface area contributed by atoms with Gasteiger partial charge in [0.2, 0.25) is 0 Å². The minimum atomic E-state index is 0.389. The fourth-order valence-corrected chi connectivity index (χ4v) is 3.08. The molecule has 1 aliphatic carbocycles. The van der Waals surface area contributed by atoms with Gasteiger partial charge in [-0.05, 0) is 30.5 Å². The van der Waals surface area contributed by atoms with Crippen molar-refractivity contribution in [1.29, 1.82) is 0 Å². The quantitative estimate of drug-likeness (QED) is 0.695. The summed E-state index contributed by atoms with van der Waals surface area (Å²) in [6.45, 7) is 3.48. The standard InChI is InChI=1S/C13H16ClN/c14-12-5-6-15(9-12)8-11-7-10-3-1-2-4-13(10)11/h1-4,11-12H,5-9H2. The maximum Gasteiger partial charge on any atom is 0.0475 e. The van der Waals surface area contributed by atoms with E-state index >= 15 is 0 Å². The molecule has 1 aromatic carbocycles. The molecule has 2 unspecified atom stereocenters. The average Bonchev–Trinajstić information content (AvgIpc) is 2.61. The Morgan fingerprint density at radius 3 is 2.93 bits per heavy atom. The Balaban J connectivity index is 1.63. The molecule has 2 atom stereocenters. The van der Waals surface area contributed by atoms with Crippen LogP contribution < -0.4 is 0 Å². The summed E-state index contributed by atoms with van der Waals surface area (Å²) in [7, 11) is 0. The van der Waals surface area contributed by atoms with Gasteiger partial charge < -0.3 is 4.90 Å². The first-order valence-corrected chi connectivity index (χ1v) is 6.21. The second-order valence-corrected chi connectivity index (χ2v) is 5.36. The van der Waals surface area contributed by atoms with Gasteiger partial charge in [-0.15, -0.1) is 11.6 Å². The number of hydrogen-bond donors (Lipinski definition) is 0. The van der Waals surface area contributed by atoms with Gasteiger partial charge in [-0.25, -0.2) is 0 Å². The molecule has 0 bridgehead atoms. The third kappa shape index (κ3) is 1.79. The number of nitrogens with zero attached hydrogens (tertiary/aromatic N) is 1. The highest BCUT2D eigenvalue weighted by molar-refractivity contribution is 6.20. The Morgan fingerprint density at radius 2 is 2.20 bits per heavy atom. The van der Waals surface area contributed by atoms with E-state index in [2.05, 4.69) is 29.2 Å². The number of benzene rings is 1. The van der Waals surface area contributed by atoms with Gasteiger partial charge in [0.15, 0.2) is 0 Å². The zero-order chi connectivity index (χ0) is 10.3. The van der Waals surface area contributed by atoms with Gasteiger partial charge in [0, 0.05) is 24.4 Å². The van der Waals surface area contributed by atoms with Crippen molar-refractivity contribution in [1.82, 2.24) is 4.90 Å². The maximum absolute atomic E-state index is 6.11. The summed E-state index contributed by atoms with van der Waals surface area (Å²) in [5.41, 5.74) is 3.11. The Bertz CT molecular complexity index is 363. The normalized spacial score (nSPS) is 29.9. The van der Waals surface area contributed by atoms with E-state index in [1.807, 2.05) is 0 Å². The highest BCUT2D eigenvalue weighted by Crippen LogP contribution is 2.36. The molecule has 0 aromatic heterocycles. The third-order valence-electron chi connectivity index (χ3n) is 3.65. The summed E-state index contributed by atoms with van der Waals surface area (Å²) < 4.78 is 0. The van der Waals surface area contributed by atoms with Gasteiger partial charge >= 0.3 is 0 Å². The molecule has 2 heteroatoms. The monoisotopic (exact) mass is 221 g/mol. The number of hydrogen-bond acceptors (Lipinski definition) is 1. The van der Waals surface area contributed by atoms with Crippen molar-refractivity contribution in [3.63, 3.8) is 0 Å². The van der Waals surface area contributed by atoms with Crippen molar-refractivity contribution in [2.75, 3.05) is 19.6 Å². The molecule has 80 valence electrons. The minimum absolute atomic E-state index is 0.389. The van der Waals surface area contributed by atoms with Crippen LogP contribution in [0.15, 0.2) is 24.3 Å². The summed E-state index contributed by atoms with van der Waals surface area (Å²) >= 11 is 6.11. The van der Waals surface area contributed by atoms with Gasteiger partial charge in [-0.1, -0.05) is 24.3 Å². The van der Waals surface area contributed by atoms with E-state index in [1.54, 1.807) is 11.1 Å². The molecule has 0 radical (unpaired) electrons. The summed E-state index contributed by atoms with van der Waals surface area (Å²) in [6.07, 6.45) is 2.43. The van der Waals surface area contributed by atoms with Gasteiger partial charge in [0.05, 0.1) is 0 Å². The number of likely N-dealkylation sites (tertiary alicyclic amines) is 1. The van der Waals surface area contributed by atoms with Gasteiger partial charge in [0.1, 0.15) is 0 Å². The van der Waals surface area contributed by atoms with E-state index in [0.717, 1.165) is 18.9 Å². The molecule has 0 saturated carbocycles. The lowest BCUT2D eigenvalue weighted by Crippen LogP contribution is -2.32. The lowest BCUT2D eigenvalue weighted by molar-refractivity contribution is 0.302. The van der Waals surface area contributed by atoms with E-state index in [0.29, 0.717) is 5.38 Å². The van der Waals surface area contributed by atoms with Crippen LogP contribution in [-0.2, 0) is 6.42 Å². The molecule has 1 saturated heterocycles. The molecule has 15 heavy (non-hydrogen) atoms. The molecular weight excluding hydrogens is 206 g/mol. The van der Waals surface area contributed by atoms with Crippen molar-refractivity contribution in [2.45, 2.75) is 24.1 Å². The molecule has 1 nitrogen and oxygen atoms in total. The van der Waals surface area contributed by atoms with E-state index < -0.39 is 0 Å². The summed E-state index contributed by atoms with van der Waals surface area (Å²) in [5.74, 6) is 0.767. The largest absolute Gasteiger partial charge is 0.301 e. The second-order valence-electron chi connectivity index (χ2n) is 4.75. The molecule has 0 amide bonds. The van der Waals surface area contributed by atoms with Crippen molar-refractivity contribution < 1.29 is 0 Å². The summed E-state index contributed by atoms with van der Waals surface area (Å²) in [5, 5.41) is 0.389. The third-order valence-corrected chi connectivity index (χ3v) is 4.01.